The van der Waals surface area contributed by atoms with Crippen molar-refractivity contribution in [1.29, 1.82) is 0 Å². The smallest absolute Gasteiger partial charge is 0.100 e. The maximum Gasteiger partial charge on any atom is 0.100 e. The lowest BCUT2D eigenvalue weighted by molar-refractivity contribution is 1.08. The van der Waals surface area contributed by atoms with Crippen LogP contribution in [0.25, 0.3) is 11.1 Å². The third kappa shape index (κ3) is 2.11. The van der Waals surface area contributed by atoms with Crippen molar-refractivity contribution >= 4 is 11.4 Å². The Morgan fingerprint density at radius 3 is 2.67 bits per heavy atom. The molecule has 2 aromatic rings. The van der Waals surface area contributed by atoms with Gasteiger partial charge in [-0.25, -0.2) is 0 Å². The van der Waals surface area contributed by atoms with Gasteiger partial charge in [0, 0.05) is 0 Å². The first-order valence-electron chi connectivity index (χ1n) is 7.75. The number of rotatable bonds is 3. The first kappa shape index (κ1) is 12.5. The Hall–Kier alpha value is -2.22. The quantitative estimate of drug-likeness (QED) is 0.814. The molecule has 0 saturated heterocycles. The summed E-state index contributed by atoms with van der Waals surface area (Å²) in [6, 6.07) is 13.4. The van der Waals surface area contributed by atoms with Gasteiger partial charge in [0.1, 0.15) is 5.82 Å². The molecule has 2 heteroatoms. The normalized spacial score (nSPS) is 16.3. The van der Waals surface area contributed by atoms with Gasteiger partial charge in [-0.3, -0.25) is 0 Å². The van der Waals surface area contributed by atoms with E-state index < -0.39 is 0 Å². The Morgan fingerprint density at radius 1 is 1.10 bits per heavy atom. The molecule has 1 heterocycles. The van der Waals surface area contributed by atoms with Crippen molar-refractivity contribution in [3.8, 4) is 11.1 Å². The highest BCUT2D eigenvalue weighted by Gasteiger charge is 2.27. The average Bonchev–Trinajstić information content (AvgIpc) is 3.27. The van der Waals surface area contributed by atoms with Gasteiger partial charge in [-0.05, 0) is 59.6 Å². The molecule has 1 saturated carbocycles. The molecule has 0 amide bonds. The largest absolute Gasteiger partial charge is 0.341 e. The lowest BCUT2D eigenvalue weighted by atomic mass is 9.90. The van der Waals surface area contributed by atoms with Gasteiger partial charge in [-0.2, -0.15) is 0 Å². The maximum atomic E-state index is 3.94. The lowest BCUT2D eigenvalue weighted by Gasteiger charge is -2.15. The van der Waals surface area contributed by atoms with Crippen LogP contribution in [0.4, 0.5) is 11.4 Å². The van der Waals surface area contributed by atoms with E-state index in [2.05, 4.69) is 60.5 Å². The Labute approximate surface area is 125 Å². The van der Waals surface area contributed by atoms with E-state index in [1.165, 1.54) is 35.1 Å². The summed E-state index contributed by atoms with van der Waals surface area (Å²) >= 11 is 0. The SMILES string of the molecule is C=C1Nc2ccc(-c3c(CC)cccc3C3CC3)cc2N1. The molecular weight excluding hydrogens is 256 g/mol. The first-order valence-corrected chi connectivity index (χ1v) is 7.75. The summed E-state index contributed by atoms with van der Waals surface area (Å²) in [5.41, 5.74) is 7.99. The minimum Gasteiger partial charge on any atom is -0.341 e. The van der Waals surface area contributed by atoms with E-state index in [4.69, 9.17) is 0 Å². The van der Waals surface area contributed by atoms with Crippen molar-refractivity contribution in [2.24, 2.45) is 0 Å². The molecule has 2 aromatic carbocycles. The van der Waals surface area contributed by atoms with Gasteiger partial charge in [-0.1, -0.05) is 37.8 Å². The number of hydrogen-bond donors (Lipinski definition) is 2. The molecule has 0 spiro atoms. The lowest BCUT2D eigenvalue weighted by Crippen LogP contribution is -1.95. The van der Waals surface area contributed by atoms with Gasteiger partial charge in [0.05, 0.1) is 11.4 Å². The Morgan fingerprint density at radius 2 is 1.90 bits per heavy atom. The van der Waals surface area contributed by atoms with Gasteiger partial charge in [0.2, 0.25) is 0 Å². The maximum absolute atomic E-state index is 3.94. The highest BCUT2D eigenvalue weighted by atomic mass is 15.2. The molecule has 0 atom stereocenters. The molecule has 2 N–H and O–H groups in total. The summed E-state index contributed by atoms with van der Waals surface area (Å²) in [7, 11) is 0. The molecule has 106 valence electrons. The van der Waals surface area contributed by atoms with Crippen molar-refractivity contribution in [3.05, 3.63) is 59.9 Å². The minimum atomic E-state index is 0.765. The van der Waals surface area contributed by atoms with Crippen molar-refractivity contribution in [2.75, 3.05) is 10.6 Å². The fraction of sp³-hybridized carbons (Fsp3) is 0.263. The number of fused-ring (bicyclic) bond motifs is 1. The Kier molecular flexibility index (Phi) is 2.78. The molecule has 1 aliphatic carbocycles. The van der Waals surface area contributed by atoms with Crippen LogP contribution in [0.2, 0.25) is 0 Å². The monoisotopic (exact) mass is 276 g/mol. The van der Waals surface area contributed by atoms with Crippen molar-refractivity contribution in [1.82, 2.24) is 0 Å². The van der Waals surface area contributed by atoms with E-state index in [1.54, 1.807) is 0 Å². The summed E-state index contributed by atoms with van der Waals surface area (Å²) in [6.45, 7) is 6.18. The van der Waals surface area contributed by atoms with Gasteiger partial charge < -0.3 is 10.6 Å². The van der Waals surface area contributed by atoms with Crippen LogP contribution in [0, 0.1) is 0 Å². The van der Waals surface area contributed by atoms with Crippen LogP contribution >= 0.6 is 0 Å². The Bertz CT molecular complexity index is 726. The van der Waals surface area contributed by atoms with Crippen LogP contribution in [-0.2, 0) is 6.42 Å². The highest BCUT2D eigenvalue weighted by Crippen LogP contribution is 2.46. The summed E-state index contributed by atoms with van der Waals surface area (Å²) in [6.07, 6.45) is 3.74. The van der Waals surface area contributed by atoms with Gasteiger partial charge in [0.15, 0.2) is 0 Å². The molecule has 21 heavy (non-hydrogen) atoms. The molecule has 2 nitrogen and oxygen atoms in total. The topological polar surface area (TPSA) is 24.1 Å². The third-order valence-corrected chi connectivity index (χ3v) is 4.46. The van der Waals surface area contributed by atoms with E-state index in [0.29, 0.717) is 0 Å². The number of anilines is 2. The van der Waals surface area contributed by atoms with E-state index >= 15 is 0 Å². The van der Waals surface area contributed by atoms with Gasteiger partial charge in [0.25, 0.3) is 0 Å². The number of aryl methyl sites for hydroxylation is 1. The van der Waals surface area contributed by atoms with Crippen LogP contribution < -0.4 is 10.6 Å². The summed E-state index contributed by atoms with van der Waals surface area (Å²) in [5, 5.41) is 6.55. The molecule has 0 unspecified atom stereocenters. The van der Waals surface area contributed by atoms with Crippen LogP contribution in [-0.4, -0.2) is 0 Å². The van der Waals surface area contributed by atoms with Crippen molar-refractivity contribution in [2.45, 2.75) is 32.1 Å². The van der Waals surface area contributed by atoms with E-state index in [1.807, 2.05) is 0 Å². The fourth-order valence-electron chi connectivity index (χ4n) is 3.27. The zero-order valence-electron chi connectivity index (χ0n) is 12.4. The Balaban J connectivity index is 1.87. The predicted molar refractivity (Wildman–Crippen MR) is 89.6 cm³/mol. The summed E-state index contributed by atoms with van der Waals surface area (Å²) < 4.78 is 0. The molecule has 2 aliphatic rings. The molecule has 4 rings (SSSR count). The predicted octanol–water partition coefficient (Wildman–Crippen LogP) is 5.10. The number of nitrogens with one attached hydrogen (secondary N) is 2. The average molecular weight is 276 g/mol. The van der Waals surface area contributed by atoms with Crippen LogP contribution in [0.1, 0.15) is 36.8 Å². The third-order valence-electron chi connectivity index (χ3n) is 4.46. The van der Waals surface area contributed by atoms with Gasteiger partial charge in [-0.15, -0.1) is 0 Å². The standard InChI is InChI=1S/C19H20N2/c1-3-13-5-4-6-16(14-7-8-14)19(13)15-9-10-17-18(11-15)21-12(2)20-17/h4-6,9-11,14,20-21H,2-3,7-8H2,1H3. The minimum absolute atomic E-state index is 0.765. The summed E-state index contributed by atoms with van der Waals surface area (Å²) in [5.74, 6) is 1.62. The molecular formula is C19H20N2. The van der Waals surface area contributed by atoms with Crippen molar-refractivity contribution in [3.63, 3.8) is 0 Å². The molecule has 1 fully saturated rings. The highest BCUT2D eigenvalue weighted by molar-refractivity contribution is 5.85. The number of benzene rings is 2. The summed E-state index contributed by atoms with van der Waals surface area (Å²) in [4.78, 5) is 0. The first-order chi connectivity index (χ1) is 10.3. The number of hydrogen-bond acceptors (Lipinski definition) is 2. The van der Waals surface area contributed by atoms with Crippen LogP contribution in [0.5, 0.6) is 0 Å². The van der Waals surface area contributed by atoms with Crippen LogP contribution in [0.3, 0.4) is 0 Å². The molecule has 0 radical (unpaired) electrons. The van der Waals surface area contributed by atoms with E-state index in [-0.39, 0.29) is 0 Å². The van der Waals surface area contributed by atoms with Crippen LogP contribution in [0.15, 0.2) is 48.8 Å². The second-order valence-electron chi connectivity index (χ2n) is 6.00. The second-order valence-corrected chi connectivity index (χ2v) is 6.00. The molecule has 0 bridgehead atoms. The zero-order chi connectivity index (χ0) is 14.4. The molecule has 0 aromatic heterocycles. The van der Waals surface area contributed by atoms with Gasteiger partial charge >= 0.3 is 0 Å². The fourth-order valence-corrected chi connectivity index (χ4v) is 3.27. The van der Waals surface area contributed by atoms with E-state index in [0.717, 1.165) is 29.5 Å². The molecule has 1 aliphatic heterocycles. The second kappa shape index (κ2) is 4.66. The van der Waals surface area contributed by atoms with Crippen molar-refractivity contribution < 1.29 is 0 Å². The zero-order valence-corrected chi connectivity index (χ0v) is 12.4. The van der Waals surface area contributed by atoms with E-state index in [9.17, 15) is 0 Å².